The van der Waals surface area contributed by atoms with Gasteiger partial charge < -0.3 is 4.31 Å². The molecule has 0 unspecified atom stereocenters. The summed E-state index contributed by atoms with van der Waals surface area (Å²) in [7, 11) is 1.75. The van der Waals surface area contributed by atoms with Crippen molar-refractivity contribution in [2.45, 2.75) is 10.0 Å². The van der Waals surface area contributed by atoms with Crippen LogP contribution in [0.15, 0.2) is 23.2 Å². The van der Waals surface area contributed by atoms with Crippen molar-refractivity contribution < 1.29 is 0 Å². The van der Waals surface area contributed by atoms with Gasteiger partial charge in [-0.1, -0.05) is 46.4 Å². The first-order chi connectivity index (χ1) is 7.78. The Bertz CT molecular complexity index is 417. The fraction of sp³-hybridized carbons (Fsp3) is 0.300. The molecule has 0 saturated carbocycles. The van der Waals surface area contributed by atoms with E-state index in [4.69, 9.17) is 46.4 Å². The van der Waals surface area contributed by atoms with Crippen molar-refractivity contribution in [3.63, 3.8) is 0 Å². The molecule has 7 heteroatoms. The Kier molecular flexibility index (Phi) is 5.74. The average molecular weight is 332 g/mol. The molecule has 0 radical (unpaired) electrons. The minimum atomic E-state index is -1.39. The summed E-state index contributed by atoms with van der Waals surface area (Å²) in [6.45, 7) is 1.93. The highest BCUT2D eigenvalue weighted by molar-refractivity contribution is 8.02. The minimum absolute atomic E-state index is 0.686. The Balaban J connectivity index is 2.70. The third-order valence-corrected chi connectivity index (χ3v) is 3.21. The van der Waals surface area contributed by atoms with E-state index in [1.165, 1.54) is 0 Å². The molecular formula is C10H10Cl4N2S. The van der Waals surface area contributed by atoms with Crippen LogP contribution in [0.2, 0.25) is 5.02 Å². The predicted molar refractivity (Wildman–Crippen MR) is 80.0 cm³/mol. The second kappa shape index (κ2) is 6.39. The number of benzene rings is 1. The van der Waals surface area contributed by atoms with Crippen molar-refractivity contribution in [3.05, 3.63) is 28.8 Å². The monoisotopic (exact) mass is 330 g/mol. The van der Waals surface area contributed by atoms with E-state index < -0.39 is 3.12 Å². The predicted octanol–water partition coefficient (Wildman–Crippen LogP) is 5.22. The van der Waals surface area contributed by atoms with Gasteiger partial charge in [0.2, 0.25) is 0 Å². The zero-order valence-electron chi connectivity index (χ0n) is 9.12. The van der Waals surface area contributed by atoms with E-state index in [2.05, 4.69) is 4.99 Å². The highest BCUT2D eigenvalue weighted by Crippen LogP contribution is 2.39. The molecule has 94 valence electrons. The SMILES string of the molecule is Cc1cc(Cl)ccc1N=CN(C)SC(Cl)(Cl)Cl. The summed E-state index contributed by atoms with van der Waals surface area (Å²) in [5.74, 6) is 0. The van der Waals surface area contributed by atoms with Gasteiger partial charge in [0.25, 0.3) is 3.12 Å². The van der Waals surface area contributed by atoms with E-state index in [1.54, 1.807) is 23.8 Å². The van der Waals surface area contributed by atoms with E-state index in [0.717, 1.165) is 23.2 Å². The fourth-order valence-electron chi connectivity index (χ4n) is 1.09. The van der Waals surface area contributed by atoms with Crippen LogP contribution >= 0.6 is 58.4 Å². The molecular weight excluding hydrogens is 322 g/mol. The van der Waals surface area contributed by atoms with E-state index in [-0.39, 0.29) is 0 Å². The van der Waals surface area contributed by atoms with Crippen molar-refractivity contribution in [3.8, 4) is 0 Å². The maximum absolute atomic E-state index is 5.85. The summed E-state index contributed by atoms with van der Waals surface area (Å²) in [5.41, 5.74) is 1.81. The summed E-state index contributed by atoms with van der Waals surface area (Å²) in [6.07, 6.45) is 1.59. The Morgan fingerprint density at radius 1 is 1.35 bits per heavy atom. The van der Waals surface area contributed by atoms with Gasteiger partial charge >= 0.3 is 0 Å². The summed E-state index contributed by atoms with van der Waals surface area (Å²) in [5, 5.41) is 0.686. The lowest BCUT2D eigenvalue weighted by Crippen LogP contribution is -2.12. The maximum atomic E-state index is 5.85. The highest BCUT2D eigenvalue weighted by Gasteiger charge is 2.22. The minimum Gasteiger partial charge on any atom is -0.306 e. The van der Waals surface area contributed by atoms with Crippen LogP contribution in [-0.4, -0.2) is 20.8 Å². The van der Waals surface area contributed by atoms with E-state index in [1.807, 2.05) is 19.1 Å². The van der Waals surface area contributed by atoms with Crippen LogP contribution in [0.25, 0.3) is 0 Å². The molecule has 1 aromatic carbocycles. The number of hydrogen-bond donors (Lipinski definition) is 0. The van der Waals surface area contributed by atoms with Gasteiger partial charge in [-0.05, 0) is 30.7 Å². The standard InChI is InChI=1S/C10H10Cl4N2S/c1-7-5-8(11)3-4-9(7)15-6-16(2)17-10(12,13)14/h3-6H,1-2H3. The maximum Gasteiger partial charge on any atom is 0.256 e. The van der Waals surface area contributed by atoms with Crippen molar-refractivity contribution in [2.24, 2.45) is 4.99 Å². The van der Waals surface area contributed by atoms with Gasteiger partial charge in [0.15, 0.2) is 0 Å². The lowest BCUT2D eigenvalue weighted by molar-refractivity contribution is 0.870. The summed E-state index contributed by atoms with van der Waals surface area (Å²) in [6, 6.07) is 5.46. The molecule has 0 N–H and O–H groups in total. The molecule has 0 heterocycles. The van der Waals surface area contributed by atoms with E-state index in [0.29, 0.717) is 5.02 Å². The van der Waals surface area contributed by atoms with Gasteiger partial charge in [-0.3, -0.25) is 0 Å². The zero-order valence-corrected chi connectivity index (χ0v) is 13.0. The molecule has 0 fully saturated rings. The smallest absolute Gasteiger partial charge is 0.256 e. The van der Waals surface area contributed by atoms with Gasteiger partial charge in [-0.15, -0.1) is 0 Å². The Hall–Kier alpha value is 0.200. The van der Waals surface area contributed by atoms with Crippen LogP contribution in [0.4, 0.5) is 5.69 Å². The van der Waals surface area contributed by atoms with Gasteiger partial charge in [0, 0.05) is 24.0 Å². The zero-order chi connectivity index (χ0) is 13.1. The second-order valence-corrected chi connectivity index (χ2v) is 8.02. The first kappa shape index (κ1) is 15.3. The molecule has 2 nitrogen and oxygen atoms in total. The molecule has 0 aliphatic heterocycles. The number of nitrogens with zero attached hydrogens (tertiary/aromatic N) is 2. The number of aryl methyl sites for hydroxylation is 1. The number of halogens is 4. The van der Waals surface area contributed by atoms with Gasteiger partial charge in [0.1, 0.15) is 6.34 Å². The Labute approximate surface area is 125 Å². The summed E-state index contributed by atoms with van der Waals surface area (Å²) >= 11 is 23.8. The number of aliphatic imine (C=N–C) groups is 1. The molecule has 1 rings (SSSR count). The highest BCUT2D eigenvalue weighted by atomic mass is 35.6. The first-order valence-electron chi connectivity index (χ1n) is 4.57. The molecule has 0 spiro atoms. The second-order valence-electron chi connectivity index (χ2n) is 3.26. The average Bonchev–Trinajstić information content (AvgIpc) is 2.13. The van der Waals surface area contributed by atoms with Crippen molar-refractivity contribution >= 4 is 70.4 Å². The molecule has 0 amide bonds. The van der Waals surface area contributed by atoms with Gasteiger partial charge in [-0.25, -0.2) is 4.99 Å². The molecule has 0 bridgehead atoms. The van der Waals surface area contributed by atoms with Crippen LogP contribution in [-0.2, 0) is 0 Å². The van der Waals surface area contributed by atoms with Crippen molar-refractivity contribution in [2.75, 3.05) is 7.05 Å². The third-order valence-electron chi connectivity index (χ3n) is 1.77. The van der Waals surface area contributed by atoms with E-state index in [9.17, 15) is 0 Å². The third kappa shape index (κ3) is 6.07. The lowest BCUT2D eigenvalue weighted by atomic mass is 10.2. The lowest BCUT2D eigenvalue weighted by Gasteiger charge is -2.17. The molecule has 0 saturated heterocycles. The van der Waals surface area contributed by atoms with Crippen LogP contribution in [0.1, 0.15) is 5.56 Å². The first-order valence-corrected chi connectivity index (χ1v) is 6.85. The van der Waals surface area contributed by atoms with Crippen LogP contribution in [0.3, 0.4) is 0 Å². The molecule has 0 aliphatic carbocycles. The molecule has 0 atom stereocenters. The molecule has 0 aromatic heterocycles. The van der Waals surface area contributed by atoms with Gasteiger partial charge in [-0.2, -0.15) is 0 Å². The molecule has 1 aromatic rings. The normalized spacial score (nSPS) is 12.1. The quantitative estimate of drug-likeness (QED) is 0.327. The van der Waals surface area contributed by atoms with Crippen LogP contribution in [0, 0.1) is 6.92 Å². The number of rotatable bonds is 3. The Morgan fingerprint density at radius 2 is 2.00 bits per heavy atom. The van der Waals surface area contributed by atoms with Crippen LogP contribution in [0.5, 0.6) is 0 Å². The van der Waals surface area contributed by atoms with E-state index >= 15 is 0 Å². The number of alkyl halides is 3. The topological polar surface area (TPSA) is 15.6 Å². The largest absolute Gasteiger partial charge is 0.306 e. The fourth-order valence-corrected chi connectivity index (χ4v) is 2.72. The van der Waals surface area contributed by atoms with Crippen molar-refractivity contribution in [1.82, 2.24) is 4.31 Å². The summed E-state index contributed by atoms with van der Waals surface area (Å²) in [4.78, 5) is 4.28. The molecule has 17 heavy (non-hydrogen) atoms. The Morgan fingerprint density at radius 3 is 2.53 bits per heavy atom. The number of hydrogen-bond acceptors (Lipinski definition) is 2. The molecule has 0 aliphatic rings. The van der Waals surface area contributed by atoms with Crippen LogP contribution < -0.4 is 0 Å². The summed E-state index contributed by atoms with van der Waals surface area (Å²) < 4.78 is 0.233. The van der Waals surface area contributed by atoms with Crippen molar-refractivity contribution in [1.29, 1.82) is 0 Å². The van der Waals surface area contributed by atoms with Gasteiger partial charge in [0.05, 0.1) is 5.69 Å².